The summed E-state index contributed by atoms with van der Waals surface area (Å²) in [5.41, 5.74) is 0.773. The lowest BCUT2D eigenvalue weighted by Gasteiger charge is -2.31. The summed E-state index contributed by atoms with van der Waals surface area (Å²) >= 11 is 0. The summed E-state index contributed by atoms with van der Waals surface area (Å²) in [6, 6.07) is 26.2. The highest BCUT2D eigenvalue weighted by Gasteiger charge is 2.31. The number of hydrogen-bond acceptors (Lipinski definition) is 4. The number of ether oxygens (including phenoxy) is 1. The Morgan fingerprint density at radius 3 is 2.28 bits per heavy atom. The summed E-state index contributed by atoms with van der Waals surface area (Å²) in [6.45, 7) is 4.10. The normalized spacial score (nSPS) is 12.1. The highest BCUT2D eigenvalue weighted by atomic mass is 19.4. The van der Waals surface area contributed by atoms with E-state index in [1.807, 2.05) is 37.3 Å². The molecule has 0 radical (unpaired) electrons. The number of nitrogens with zero attached hydrogens (tertiary/aromatic N) is 3. The number of carbonyl (C=O) groups excluding carboxylic acids is 1. The molecule has 5 aromatic rings. The van der Waals surface area contributed by atoms with Crippen molar-refractivity contribution < 1.29 is 22.7 Å². The van der Waals surface area contributed by atoms with Gasteiger partial charge in [-0.25, -0.2) is 9.78 Å². The van der Waals surface area contributed by atoms with Gasteiger partial charge in [0.25, 0.3) is 5.56 Å². The lowest BCUT2D eigenvalue weighted by Crippen LogP contribution is -2.39. The molecule has 1 atom stereocenters. The van der Waals surface area contributed by atoms with Crippen LogP contribution in [0.25, 0.3) is 16.6 Å². The third kappa shape index (κ3) is 6.38. The zero-order valence-corrected chi connectivity index (χ0v) is 23.5. The minimum atomic E-state index is -4.50. The molecule has 0 fully saturated rings. The van der Waals surface area contributed by atoms with E-state index in [1.54, 1.807) is 55.5 Å². The number of urea groups is 1. The highest BCUT2D eigenvalue weighted by Crippen LogP contribution is 2.31. The van der Waals surface area contributed by atoms with Gasteiger partial charge in [0.05, 0.1) is 34.8 Å². The molecule has 1 heterocycles. The van der Waals surface area contributed by atoms with Crippen LogP contribution in [0.5, 0.6) is 5.75 Å². The highest BCUT2D eigenvalue weighted by molar-refractivity contribution is 5.89. The van der Waals surface area contributed by atoms with Crippen molar-refractivity contribution in [3.63, 3.8) is 0 Å². The van der Waals surface area contributed by atoms with Gasteiger partial charge in [0.2, 0.25) is 0 Å². The molecule has 43 heavy (non-hydrogen) atoms. The lowest BCUT2D eigenvalue weighted by molar-refractivity contribution is -0.137. The number of nitrogens with one attached hydrogen (secondary N) is 1. The molecule has 0 saturated carbocycles. The summed E-state index contributed by atoms with van der Waals surface area (Å²) in [5, 5.41) is 3.11. The van der Waals surface area contributed by atoms with Crippen molar-refractivity contribution in [3.05, 3.63) is 130 Å². The monoisotopic (exact) mass is 586 g/mol. The summed E-state index contributed by atoms with van der Waals surface area (Å²) < 4.78 is 46.6. The standard InChI is InChI=1S/C33H29F3N4O3/c1-3-43-29-16-10-9-15-28(29)40-30(38-27-14-8-7-13-26(27)31(40)41)22(2)39(21-23-11-5-4-6-12-23)32(42)37-25-19-17-24(18-20-25)33(34,35)36/h4-20,22H,3,21H2,1-2H3,(H,37,42). The van der Waals surface area contributed by atoms with Crippen LogP contribution in [0.15, 0.2) is 108 Å². The smallest absolute Gasteiger partial charge is 0.416 e. The lowest BCUT2D eigenvalue weighted by atomic mass is 10.1. The van der Waals surface area contributed by atoms with E-state index < -0.39 is 23.8 Å². The van der Waals surface area contributed by atoms with Crippen molar-refractivity contribution in [1.29, 1.82) is 0 Å². The molecule has 7 nitrogen and oxygen atoms in total. The first-order valence-corrected chi connectivity index (χ1v) is 13.7. The Morgan fingerprint density at radius 1 is 0.930 bits per heavy atom. The van der Waals surface area contributed by atoms with Crippen LogP contribution in [0.2, 0.25) is 0 Å². The number of halogens is 3. The largest absolute Gasteiger partial charge is 0.492 e. The maximum Gasteiger partial charge on any atom is 0.416 e. The van der Waals surface area contributed by atoms with Gasteiger partial charge in [0.15, 0.2) is 0 Å². The molecule has 2 amide bonds. The Balaban J connectivity index is 1.62. The number of alkyl halides is 3. The Bertz CT molecular complexity index is 1790. The van der Waals surface area contributed by atoms with Crippen LogP contribution >= 0.6 is 0 Å². The first-order valence-electron chi connectivity index (χ1n) is 13.7. The molecule has 0 saturated heterocycles. The average molecular weight is 587 g/mol. The van der Waals surface area contributed by atoms with Gasteiger partial charge in [-0.3, -0.25) is 9.36 Å². The summed E-state index contributed by atoms with van der Waals surface area (Å²) in [4.78, 5) is 34.2. The van der Waals surface area contributed by atoms with Crippen LogP contribution in [0.4, 0.5) is 23.7 Å². The molecule has 1 unspecified atom stereocenters. The number of hydrogen-bond donors (Lipinski definition) is 1. The van der Waals surface area contributed by atoms with E-state index in [-0.39, 0.29) is 23.6 Å². The topological polar surface area (TPSA) is 76.5 Å². The molecule has 0 aliphatic rings. The Morgan fingerprint density at radius 2 is 1.58 bits per heavy atom. The maximum absolute atomic E-state index is 14.0. The van der Waals surface area contributed by atoms with Gasteiger partial charge in [0, 0.05) is 12.2 Å². The Kier molecular flexibility index (Phi) is 8.47. The molecular formula is C33H29F3N4O3. The molecule has 0 aliphatic carbocycles. The summed E-state index contributed by atoms with van der Waals surface area (Å²) in [5.74, 6) is 0.760. The second kappa shape index (κ2) is 12.4. The number of para-hydroxylation sites is 3. The van der Waals surface area contributed by atoms with E-state index in [4.69, 9.17) is 9.72 Å². The number of fused-ring (bicyclic) bond motifs is 1. The van der Waals surface area contributed by atoms with E-state index in [0.717, 1.165) is 17.7 Å². The molecule has 0 bridgehead atoms. The minimum absolute atomic E-state index is 0.129. The number of rotatable bonds is 8. The fourth-order valence-corrected chi connectivity index (χ4v) is 4.82. The minimum Gasteiger partial charge on any atom is -0.492 e. The molecule has 10 heteroatoms. The van der Waals surface area contributed by atoms with Crippen LogP contribution in [-0.2, 0) is 12.7 Å². The van der Waals surface area contributed by atoms with E-state index >= 15 is 0 Å². The van der Waals surface area contributed by atoms with Gasteiger partial charge in [-0.15, -0.1) is 0 Å². The molecule has 1 aromatic heterocycles. The van der Waals surface area contributed by atoms with Gasteiger partial charge in [-0.1, -0.05) is 54.6 Å². The summed E-state index contributed by atoms with van der Waals surface area (Å²) in [7, 11) is 0. The van der Waals surface area contributed by atoms with Crippen LogP contribution in [0.1, 0.15) is 36.8 Å². The van der Waals surface area contributed by atoms with E-state index in [9.17, 15) is 22.8 Å². The maximum atomic E-state index is 14.0. The van der Waals surface area contributed by atoms with Crippen molar-refractivity contribution in [2.45, 2.75) is 32.6 Å². The second-order valence-electron chi connectivity index (χ2n) is 9.82. The molecule has 1 N–H and O–H groups in total. The predicted molar refractivity (Wildman–Crippen MR) is 159 cm³/mol. The van der Waals surface area contributed by atoms with Crippen LogP contribution in [0, 0.1) is 0 Å². The van der Waals surface area contributed by atoms with Crippen molar-refractivity contribution in [2.24, 2.45) is 0 Å². The fourth-order valence-electron chi connectivity index (χ4n) is 4.82. The predicted octanol–water partition coefficient (Wildman–Crippen LogP) is 7.60. The van der Waals surface area contributed by atoms with Crippen LogP contribution < -0.4 is 15.6 Å². The van der Waals surface area contributed by atoms with Gasteiger partial charge in [0.1, 0.15) is 11.6 Å². The molecule has 0 aliphatic heterocycles. The molecule has 220 valence electrons. The average Bonchev–Trinajstić information content (AvgIpc) is 3.00. The number of anilines is 1. The number of amides is 2. The van der Waals surface area contributed by atoms with Crippen molar-refractivity contribution in [3.8, 4) is 11.4 Å². The van der Waals surface area contributed by atoms with Crippen LogP contribution in [-0.4, -0.2) is 27.1 Å². The quantitative estimate of drug-likeness (QED) is 0.203. The summed E-state index contributed by atoms with van der Waals surface area (Å²) in [6.07, 6.45) is -4.50. The van der Waals surface area contributed by atoms with Crippen molar-refractivity contribution in [1.82, 2.24) is 14.5 Å². The van der Waals surface area contributed by atoms with Gasteiger partial charge in [-0.05, 0) is 67.9 Å². The number of carbonyl (C=O) groups is 1. The zero-order chi connectivity index (χ0) is 30.6. The van der Waals surface area contributed by atoms with E-state index in [1.165, 1.54) is 21.6 Å². The Hall–Kier alpha value is -5.12. The van der Waals surface area contributed by atoms with Gasteiger partial charge < -0.3 is 15.0 Å². The molecule has 4 aromatic carbocycles. The first kappa shape index (κ1) is 29.4. The van der Waals surface area contributed by atoms with Gasteiger partial charge >= 0.3 is 12.2 Å². The Labute approximate surface area is 246 Å². The number of aromatic nitrogens is 2. The third-order valence-corrected chi connectivity index (χ3v) is 6.97. The molecular weight excluding hydrogens is 557 g/mol. The fraction of sp³-hybridized carbons (Fsp3) is 0.182. The van der Waals surface area contributed by atoms with Gasteiger partial charge in [-0.2, -0.15) is 13.2 Å². The van der Waals surface area contributed by atoms with Crippen LogP contribution in [0.3, 0.4) is 0 Å². The number of benzene rings is 4. The molecule has 5 rings (SSSR count). The van der Waals surface area contributed by atoms with Crippen molar-refractivity contribution >= 4 is 22.6 Å². The molecule has 0 spiro atoms. The van der Waals surface area contributed by atoms with E-state index in [2.05, 4.69) is 5.32 Å². The SMILES string of the molecule is CCOc1ccccc1-n1c(C(C)N(Cc2ccccc2)C(=O)Nc2ccc(C(F)(F)F)cc2)nc2ccccc2c1=O. The van der Waals surface area contributed by atoms with Crippen molar-refractivity contribution in [2.75, 3.05) is 11.9 Å². The zero-order valence-electron chi connectivity index (χ0n) is 23.5. The first-order chi connectivity index (χ1) is 20.7. The van der Waals surface area contributed by atoms with E-state index in [0.29, 0.717) is 28.9 Å². The third-order valence-electron chi connectivity index (χ3n) is 6.97. The second-order valence-corrected chi connectivity index (χ2v) is 9.82.